The van der Waals surface area contributed by atoms with E-state index in [1.54, 1.807) is 13.8 Å². The van der Waals surface area contributed by atoms with Crippen molar-refractivity contribution in [2.24, 2.45) is 11.3 Å². The molecule has 136 valence electrons. The van der Waals surface area contributed by atoms with Crippen LogP contribution in [0.1, 0.15) is 50.9 Å². The predicted octanol–water partition coefficient (Wildman–Crippen LogP) is 4.49. The topological polar surface area (TPSA) is 65.5 Å². The maximum atomic E-state index is 12.5. The number of ether oxygens (including phenoxy) is 2. The minimum absolute atomic E-state index is 0.0574. The second kappa shape index (κ2) is 7.95. The van der Waals surface area contributed by atoms with Crippen molar-refractivity contribution in [3.05, 3.63) is 23.8 Å². The van der Waals surface area contributed by atoms with Gasteiger partial charge >= 0.3 is 5.97 Å². The summed E-state index contributed by atoms with van der Waals surface area (Å²) in [6, 6.07) is 5.55. The molecule has 0 aliphatic carbocycles. The van der Waals surface area contributed by atoms with E-state index in [2.05, 4.69) is 4.98 Å². The lowest BCUT2D eigenvalue weighted by Gasteiger charge is -2.20. The van der Waals surface area contributed by atoms with Gasteiger partial charge in [-0.05, 0) is 44.9 Å². The maximum absolute atomic E-state index is 12.5. The van der Waals surface area contributed by atoms with Gasteiger partial charge in [0.1, 0.15) is 6.61 Å². The van der Waals surface area contributed by atoms with Crippen molar-refractivity contribution in [2.75, 3.05) is 13.7 Å². The van der Waals surface area contributed by atoms with Crippen molar-refractivity contribution in [2.45, 2.75) is 40.5 Å². The van der Waals surface area contributed by atoms with Gasteiger partial charge in [0.15, 0.2) is 5.78 Å². The highest BCUT2D eigenvalue weighted by atomic mass is 32.1. The Hall–Kier alpha value is -1.95. The second-order valence-corrected chi connectivity index (χ2v) is 7.70. The number of fused-ring (bicyclic) bond motifs is 1. The van der Waals surface area contributed by atoms with Crippen LogP contribution in [0, 0.1) is 11.3 Å². The zero-order valence-electron chi connectivity index (χ0n) is 15.4. The molecule has 25 heavy (non-hydrogen) atoms. The van der Waals surface area contributed by atoms with Crippen LogP contribution in [0.4, 0.5) is 0 Å². The van der Waals surface area contributed by atoms with E-state index in [1.165, 1.54) is 18.4 Å². The lowest BCUT2D eigenvalue weighted by molar-refractivity contribution is -0.152. The summed E-state index contributed by atoms with van der Waals surface area (Å²) in [5.74, 6) is -0.0943. The van der Waals surface area contributed by atoms with E-state index in [4.69, 9.17) is 9.47 Å². The molecule has 1 aromatic heterocycles. The Balaban J connectivity index is 2.17. The molecule has 0 bridgehead atoms. The van der Waals surface area contributed by atoms with E-state index in [0.29, 0.717) is 10.8 Å². The Kier molecular flexibility index (Phi) is 6.16. The summed E-state index contributed by atoms with van der Waals surface area (Å²) >= 11 is 1.38. The van der Waals surface area contributed by atoms with Crippen molar-refractivity contribution in [1.29, 1.82) is 0 Å². The number of esters is 1. The molecule has 0 aliphatic heterocycles. The number of benzene rings is 1. The van der Waals surface area contributed by atoms with E-state index in [1.807, 2.05) is 32.0 Å². The number of aromatic nitrogens is 1. The Morgan fingerprint density at radius 2 is 1.92 bits per heavy atom. The zero-order chi connectivity index (χ0) is 18.6. The third kappa shape index (κ3) is 4.37. The Bertz CT molecular complexity index is 762. The maximum Gasteiger partial charge on any atom is 0.314 e. The molecular weight excluding hydrogens is 338 g/mol. The summed E-state index contributed by atoms with van der Waals surface area (Å²) in [4.78, 5) is 28.7. The van der Waals surface area contributed by atoms with Crippen LogP contribution < -0.4 is 4.74 Å². The number of carbonyl (C=O) groups is 2. The number of thiazole rings is 1. The van der Waals surface area contributed by atoms with Gasteiger partial charge in [0.05, 0.1) is 22.7 Å². The zero-order valence-corrected chi connectivity index (χ0v) is 16.2. The number of Topliss-reactive ketones (excluding diaryl/α,β-unsaturated/α-hetero) is 1. The lowest BCUT2D eigenvalue weighted by Crippen LogP contribution is -2.32. The monoisotopic (exact) mass is 363 g/mol. The molecule has 0 radical (unpaired) electrons. The van der Waals surface area contributed by atoms with E-state index in [9.17, 15) is 9.59 Å². The number of nitrogens with zero attached hydrogens (tertiary/aromatic N) is 1. The van der Waals surface area contributed by atoms with Crippen LogP contribution in [0.3, 0.4) is 0 Å². The number of hydrogen-bond donors (Lipinski definition) is 0. The highest BCUT2D eigenvalue weighted by Crippen LogP contribution is 2.31. The van der Waals surface area contributed by atoms with Crippen molar-refractivity contribution in [3.8, 4) is 5.19 Å². The van der Waals surface area contributed by atoms with Gasteiger partial charge in [0.2, 0.25) is 0 Å². The van der Waals surface area contributed by atoms with E-state index >= 15 is 0 Å². The lowest BCUT2D eigenvalue weighted by atomic mass is 9.93. The molecule has 2 rings (SSSR count). The Morgan fingerprint density at radius 1 is 1.24 bits per heavy atom. The molecule has 0 N–H and O–H groups in total. The van der Waals surface area contributed by atoms with Gasteiger partial charge in [-0.2, -0.15) is 0 Å². The fourth-order valence-corrected chi connectivity index (χ4v) is 3.45. The minimum Gasteiger partial charge on any atom is -0.469 e. The molecular formula is C19H25NO4S. The van der Waals surface area contributed by atoms with Crippen LogP contribution in [-0.4, -0.2) is 30.5 Å². The molecule has 1 heterocycles. The first-order valence-corrected chi connectivity index (χ1v) is 9.30. The molecule has 0 atom stereocenters. The molecule has 5 nitrogen and oxygen atoms in total. The number of ketones is 1. The average molecular weight is 363 g/mol. The average Bonchev–Trinajstić information content (AvgIpc) is 3.02. The quantitative estimate of drug-likeness (QED) is 0.510. The fourth-order valence-electron chi connectivity index (χ4n) is 2.59. The molecule has 0 amide bonds. The third-order valence-corrected chi connectivity index (χ3v) is 5.23. The van der Waals surface area contributed by atoms with Gasteiger partial charge in [-0.1, -0.05) is 25.2 Å². The molecule has 0 saturated carbocycles. The number of hydrogen-bond acceptors (Lipinski definition) is 6. The number of carbonyl (C=O) groups excluding carboxylic acids is 2. The van der Waals surface area contributed by atoms with E-state index in [-0.39, 0.29) is 24.3 Å². The molecule has 0 fully saturated rings. The van der Waals surface area contributed by atoms with Crippen LogP contribution in [0.25, 0.3) is 10.2 Å². The fraction of sp³-hybridized carbons (Fsp3) is 0.526. The summed E-state index contributed by atoms with van der Waals surface area (Å²) < 4.78 is 11.4. The SMILES string of the molecule is CCC(CC)C(=O)c1ccc2nc(OCC(C)(C)C(=O)OC)sc2c1. The summed E-state index contributed by atoms with van der Waals surface area (Å²) in [5.41, 5.74) is 0.756. The van der Waals surface area contributed by atoms with Gasteiger partial charge in [0, 0.05) is 11.5 Å². The summed E-state index contributed by atoms with van der Waals surface area (Å²) in [6.45, 7) is 7.77. The Morgan fingerprint density at radius 3 is 2.52 bits per heavy atom. The standard InChI is InChI=1S/C19H25NO4S/c1-6-12(7-2)16(21)13-8-9-14-15(10-13)25-18(20-14)24-11-19(3,4)17(22)23-5/h8-10,12H,6-7,11H2,1-5H3. The van der Waals surface area contributed by atoms with Crippen molar-refractivity contribution < 1.29 is 19.1 Å². The predicted molar refractivity (Wildman–Crippen MR) is 99.3 cm³/mol. The van der Waals surface area contributed by atoms with Gasteiger partial charge in [0.25, 0.3) is 5.19 Å². The highest BCUT2D eigenvalue weighted by Gasteiger charge is 2.30. The third-order valence-electron chi connectivity index (χ3n) is 4.30. The molecule has 0 saturated heterocycles. The summed E-state index contributed by atoms with van der Waals surface area (Å²) in [7, 11) is 1.36. The van der Waals surface area contributed by atoms with Crippen LogP contribution in [-0.2, 0) is 9.53 Å². The minimum atomic E-state index is -0.747. The number of methoxy groups -OCH3 is 1. The van der Waals surface area contributed by atoms with Crippen LogP contribution in [0.5, 0.6) is 5.19 Å². The first kappa shape index (κ1) is 19.4. The highest BCUT2D eigenvalue weighted by molar-refractivity contribution is 7.20. The van der Waals surface area contributed by atoms with E-state index < -0.39 is 5.41 Å². The summed E-state index contributed by atoms with van der Waals surface area (Å²) in [6.07, 6.45) is 1.68. The molecule has 0 aliphatic rings. The van der Waals surface area contributed by atoms with E-state index in [0.717, 1.165) is 23.1 Å². The van der Waals surface area contributed by atoms with Crippen LogP contribution >= 0.6 is 11.3 Å². The van der Waals surface area contributed by atoms with Crippen molar-refractivity contribution in [3.63, 3.8) is 0 Å². The molecule has 2 aromatic rings. The van der Waals surface area contributed by atoms with Crippen molar-refractivity contribution >= 4 is 33.3 Å². The summed E-state index contributed by atoms with van der Waals surface area (Å²) in [5, 5.41) is 0.485. The normalized spacial score (nSPS) is 11.8. The number of rotatable bonds is 8. The van der Waals surface area contributed by atoms with Crippen LogP contribution in [0.15, 0.2) is 18.2 Å². The largest absolute Gasteiger partial charge is 0.469 e. The van der Waals surface area contributed by atoms with Gasteiger partial charge in [-0.15, -0.1) is 0 Å². The first-order chi connectivity index (χ1) is 11.8. The van der Waals surface area contributed by atoms with Crippen molar-refractivity contribution in [1.82, 2.24) is 4.98 Å². The Labute approximate surface area is 152 Å². The molecule has 0 spiro atoms. The van der Waals surface area contributed by atoms with Gasteiger partial charge in [-0.3, -0.25) is 9.59 Å². The second-order valence-electron chi connectivity index (χ2n) is 6.70. The van der Waals surface area contributed by atoms with Gasteiger partial charge < -0.3 is 9.47 Å². The first-order valence-electron chi connectivity index (χ1n) is 8.48. The van der Waals surface area contributed by atoms with Gasteiger partial charge in [-0.25, -0.2) is 4.98 Å². The molecule has 0 unspecified atom stereocenters. The van der Waals surface area contributed by atoms with Crippen LogP contribution in [0.2, 0.25) is 0 Å². The molecule has 1 aromatic carbocycles. The molecule has 6 heteroatoms. The smallest absolute Gasteiger partial charge is 0.314 e.